The lowest BCUT2D eigenvalue weighted by molar-refractivity contribution is -0.160. The molecule has 0 bridgehead atoms. The van der Waals surface area contributed by atoms with Gasteiger partial charge in [0, 0.05) is 18.8 Å². The molecule has 6 heteroatoms. The van der Waals surface area contributed by atoms with Crippen LogP contribution in [0.5, 0.6) is 0 Å². The molecule has 0 saturated carbocycles. The Morgan fingerprint density at radius 3 is 1.32 bits per heavy atom. The van der Waals surface area contributed by atoms with E-state index in [9.17, 15) is 14.4 Å². The van der Waals surface area contributed by atoms with E-state index in [1.54, 1.807) is 9.80 Å². The Labute approximate surface area is 114 Å². The summed E-state index contributed by atoms with van der Waals surface area (Å²) in [5, 5.41) is 0. The Morgan fingerprint density at radius 1 is 0.737 bits per heavy atom. The van der Waals surface area contributed by atoms with Crippen LogP contribution in [0.3, 0.4) is 0 Å². The number of carbonyl (C=O) groups is 3. The molecular formula is C13H23N3O3. The normalized spacial score (nSPS) is 16.3. The smallest absolute Gasteiger partial charge is 0.227 e. The molecule has 6 nitrogen and oxygen atoms in total. The third-order valence-electron chi connectivity index (χ3n) is 3.08. The summed E-state index contributed by atoms with van der Waals surface area (Å²) in [6.45, 7) is 9.46. The number of hydrogen-bond acceptors (Lipinski definition) is 3. The molecule has 1 rings (SSSR count). The SMILES string of the molecule is CC(=O)N1CN(C(=O)C(C)C)CN(C(=O)C(C)C)C1. The van der Waals surface area contributed by atoms with Crippen molar-refractivity contribution >= 4 is 17.7 Å². The minimum atomic E-state index is -0.150. The van der Waals surface area contributed by atoms with Crippen LogP contribution in [0.1, 0.15) is 34.6 Å². The number of nitrogens with zero attached hydrogens (tertiary/aromatic N) is 3. The van der Waals surface area contributed by atoms with E-state index >= 15 is 0 Å². The first kappa shape index (κ1) is 15.5. The third kappa shape index (κ3) is 3.68. The maximum Gasteiger partial charge on any atom is 0.227 e. The van der Waals surface area contributed by atoms with Crippen LogP contribution in [0.2, 0.25) is 0 Å². The molecule has 1 saturated heterocycles. The summed E-state index contributed by atoms with van der Waals surface area (Å²) in [5.41, 5.74) is 0. The topological polar surface area (TPSA) is 60.9 Å². The van der Waals surface area contributed by atoms with Crippen molar-refractivity contribution in [1.29, 1.82) is 0 Å². The predicted octanol–water partition coefficient (Wildman–Crippen LogP) is 0.690. The first-order chi connectivity index (χ1) is 8.73. The summed E-state index contributed by atoms with van der Waals surface area (Å²) in [7, 11) is 0. The van der Waals surface area contributed by atoms with Crippen molar-refractivity contribution in [2.75, 3.05) is 20.0 Å². The second-order valence-electron chi connectivity index (χ2n) is 5.55. The lowest BCUT2D eigenvalue weighted by atomic mass is 10.1. The zero-order valence-corrected chi connectivity index (χ0v) is 12.3. The minimum absolute atomic E-state index is 0.0486. The molecule has 19 heavy (non-hydrogen) atoms. The summed E-state index contributed by atoms with van der Waals surface area (Å²) in [6, 6.07) is 0. The van der Waals surface area contributed by atoms with Gasteiger partial charge in [-0.05, 0) is 0 Å². The molecule has 0 aliphatic carbocycles. The summed E-state index contributed by atoms with van der Waals surface area (Å²) in [5.74, 6) is -0.534. The van der Waals surface area contributed by atoms with Crippen LogP contribution in [0.25, 0.3) is 0 Å². The number of carbonyl (C=O) groups excluding carboxylic acids is 3. The van der Waals surface area contributed by atoms with Crippen molar-refractivity contribution in [3.05, 3.63) is 0 Å². The van der Waals surface area contributed by atoms with Gasteiger partial charge in [-0.15, -0.1) is 0 Å². The van der Waals surface area contributed by atoms with Gasteiger partial charge < -0.3 is 14.7 Å². The van der Waals surface area contributed by atoms with Gasteiger partial charge in [0.1, 0.15) is 0 Å². The van der Waals surface area contributed by atoms with E-state index in [0.717, 1.165) is 0 Å². The average Bonchev–Trinajstić information content (AvgIpc) is 2.35. The van der Waals surface area contributed by atoms with Gasteiger partial charge in [0.15, 0.2) is 0 Å². The van der Waals surface area contributed by atoms with E-state index in [1.807, 2.05) is 27.7 Å². The summed E-state index contributed by atoms with van der Waals surface area (Å²) < 4.78 is 0. The fourth-order valence-corrected chi connectivity index (χ4v) is 1.96. The van der Waals surface area contributed by atoms with E-state index in [2.05, 4.69) is 0 Å². The van der Waals surface area contributed by atoms with Gasteiger partial charge in [-0.25, -0.2) is 0 Å². The fraction of sp³-hybridized carbons (Fsp3) is 0.769. The van der Waals surface area contributed by atoms with Gasteiger partial charge >= 0.3 is 0 Å². The monoisotopic (exact) mass is 269 g/mol. The zero-order chi connectivity index (χ0) is 14.7. The molecule has 0 radical (unpaired) electrons. The number of amides is 3. The quantitative estimate of drug-likeness (QED) is 0.741. The molecule has 0 unspecified atom stereocenters. The lowest BCUT2D eigenvalue weighted by Crippen LogP contribution is -2.60. The van der Waals surface area contributed by atoms with Gasteiger partial charge in [0.25, 0.3) is 0 Å². The van der Waals surface area contributed by atoms with E-state index in [-0.39, 0.29) is 49.6 Å². The van der Waals surface area contributed by atoms with Gasteiger partial charge in [0.2, 0.25) is 17.7 Å². The first-order valence-electron chi connectivity index (χ1n) is 6.57. The van der Waals surface area contributed by atoms with Crippen LogP contribution >= 0.6 is 0 Å². The second kappa shape index (κ2) is 6.04. The molecule has 0 aromatic rings. The lowest BCUT2D eigenvalue weighted by Gasteiger charge is -2.43. The van der Waals surface area contributed by atoms with Gasteiger partial charge in [-0.2, -0.15) is 0 Å². The Balaban J connectivity index is 2.88. The molecule has 0 aromatic heterocycles. The second-order valence-corrected chi connectivity index (χ2v) is 5.55. The van der Waals surface area contributed by atoms with Crippen LogP contribution in [-0.4, -0.2) is 52.4 Å². The number of rotatable bonds is 2. The Morgan fingerprint density at radius 2 is 1.05 bits per heavy atom. The molecule has 0 spiro atoms. The maximum absolute atomic E-state index is 12.1. The van der Waals surface area contributed by atoms with Crippen molar-refractivity contribution in [1.82, 2.24) is 14.7 Å². The largest absolute Gasteiger partial charge is 0.307 e. The summed E-state index contributed by atoms with van der Waals surface area (Å²) in [4.78, 5) is 40.2. The maximum atomic E-state index is 12.1. The molecule has 108 valence electrons. The molecular weight excluding hydrogens is 246 g/mol. The fourth-order valence-electron chi connectivity index (χ4n) is 1.96. The van der Waals surface area contributed by atoms with E-state index in [1.165, 1.54) is 11.8 Å². The van der Waals surface area contributed by atoms with Crippen molar-refractivity contribution < 1.29 is 14.4 Å². The molecule has 1 heterocycles. The highest BCUT2D eigenvalue weighted by molar-refractivity contribution is 5.82. The summed E-state index contributed by atoms with van der Waals surface area (Å²) >= 11 is 0. The van der Waals surface area contributed by atoms with Crippen molar-refractivity contribution in [3.63, 3.8) is 0 Å². The molecule has 1 aliphatic heterocycles. The van der Waals surface area contributed by atoms with Crippen molar-refractivity contribution in [2.24, 2.45) is 11.8 Å². The van der Waals surface area contributed by atoms with Crippen LogP contribution < -0.4 is 0 Å². The van der Waals surface area contributed by atoms with Crippen LogP contribution in [0, 0.1) is 11.8 Å². The molecule has 0 N–H and O–H groups in total. The molecule has 3 amide bonds. The molecule has 0 aromatic carbocycles. The van der Waals surface area contributed by atoms with E-state index in [4.69, 9.17) is 0 Å². The predicted molar refractivity (Wildman–Crippen MR) is 70.5 cm³/mol. The highest BCUT2D eigenvalue weighted by atomic mass is 16.2. The Kier molecular flexibility index (Phi) is 4.91. The molecule has 1 fully saturated rings. The van der Waals surface area contributed by atoms with Gasteiger partial charge in [-0.3, -0.25) is 14.4 Å². The highest BCUT2D eigenvalue weighted by Crippen LogP contribution is 2.14. The minimum Gasteiger partial charge on any atom is -0.307 e. The van der Waals surface area contributed by atoms with E-state index in [0.29, 0.717) is 0 Å². The Hall–Kier alpha value is -1.59. The molecule has 1 aliphatic rings. The van der Waals surface area contributed by atoms with Crippen LogP contribution in [-0.2, 0) is 14.4 Å². The average molecular weight is 269 g/mol. The van der Waals surface area contributed by atoms with Gasteiger partial charge in [0.05, 0.1) is 20.0 Å². The zero-order valence-electron chi connectivity index (χ0n) is 12.3. The summed E-state index contributed by atoms with van der Waals surface area (Å²) in [6.07, 6.45) is 0. The standard InChI is InChI=1S/C13H23N3O3/c1-9(2)12(18)15-6-14(11(5)17)7-16(8-15)13(19)10(3)4/h9-10H,6-8H2,1-5H3. The first-order valence-corrected chi connectivity index (χ1v) is 6.57. The van der Waals surface area contributed by atoms with Crippen LogP contribution in [0.15, 0.2) is 0 Å². The third-order valence-corrected chi connectivity index (χ3v) is 3.08. The van der Waals surface area contributed by atoms with Crippen molar-refractivity contribution in [2.45, 2.75) is 34.6 Å². The highest BCUT2D eigenvalue weighted by Gasteiger charge is 2.32. The number of hydrogen-bond donors (Lipinski definition) is 0. The van der Waals surface area contributed by atoms with E-state index < -0.39 is 0 Å². The van der Waals surface area contributed by atoms with Crippen LogP contribution in [0.4, 0.5) is 0 Å². The van der Waals surface area contributed by atoms with Crippen molar-refractivity contribution in [3.8, 4) is 0 Å². The van der Waals surface area contributed by atoms with Gasteiger partial charge in [-0.1, -0.05) is 27.7 Å². The molecule has 0 atom stereocenters. The Bertz CT molecular complexity index is 351.